The number of carbonyl (C=O) groups excluding carboxylic acids is 1. The van der Waals surface area contributed by atoms with Crippen molar-refractivity contribution in [3.05, 3.63) is 40.6 Å². The van der Waals surface area contributed by atoms with Crippen LogP contribution in [-0.4, -0.2) is 48.6 Å². The minimum absolute atomic E-state index is 0.328. The largest absolute Gasteiger partial charge is 0.383 e. The SMILES string of the molecule is CCN(CCN1CCSc2cc(N=C(N)c3cccs3)ccc21)C(=O)CC1CCCC1. The number of anilines is 1. The standard InChI is InChI=1S/C24H32N4OS2/c1-2-27(23(29)16-18-6-3-4-7-18)11-12-28-13-15-31-22-17-19(9-10-20(22)28)26-24(25)21-8-5-14-30-21/h5,8-10,14,17-18H,2-4,6-7,11-13,15-16H2,1H3,(H2,25,26). The van der Waals surface area contributed by atoms with Crippen molar-refractivity contribution in [2.75, 3.05) is 36.8 Å². The predicted molar refractivity (Wildman–Crippen MR) is 133 cm³/mol. The zero-order chi connectivity index (χ0) is 21.6. The minimum atomic E-state index is 0.328. The number of likely N-dealkylation sites (N-methyl/N-ethyl adjacent to an activating group) is 1. The van der Waals surface area contributed by atoms with E-state index in [2.05, 4.69) is 28.9 Å². The molecule has 2 N–H and O–H groups in total. The van der Waals surface area contributed by atoms with E-state index < -0.39 is 0 Å². The van der Waals surface area contributed by atoms with Gasteiger partial charge >= 0.3 is 0 Å². The summed E-state index contributed by atoms with van der Waals surface area (Å²) in [7, 11) is 0. The summed E-state index contributed by atoms with van der Waals surface area (Å²) in [5.74, 6) is 2.54. The highest BCUT2D eigenvalue weighted by molar-refractivity contribution is 7.99. The normalized spacial score (nSPS) is 17.1. The van der Waals surface area contributed by atoms with Gasteiger partial charge in [0.25, 0.3) is 0 Å². The molecule has 1 aliphatic carbocycles. The molecular formula is C24H32N4OS2. The van der Waals surface area contributed by atoms with Gasteiger partial charge in [0.15, 0.2) is 0 Å². The van der Waals surface area contributed by atoms with Gasteiger partial charge in [-0.25, -0.2) is 4.99 Å². The number of nitrogens with zero attached hydrogens (tertiary/aromatic N) is 3. The van der Waals surface area contributed by atoms with Gasteiger partial charge in [-0.15, -0.1) is 23.1 Å². The van der Waals surface area contributed by atoms with Crippen LogP contribution < -0.4 is 10.6 Å². The van der Waals surface area contributed by atoms with E-state index in [4.69, 9.17) is 5.73 Å². The van der Waals surface area contributed by atoms with Gasteiger partial charge in [-0.05, 0) is 55.3 Å². The van der Waals surface area contributed by atoms with Gasteiger partial charge in [-0.3, -0.25) is 4.79 Å². The molecule has 1 aromatic carbocycles. The van der Waals surface area contributed by atoms with Crippen molar-refractivity contribution in [3.63, 3.8) is 0 Å². The quantitative estimate of drug-likeness (QED) is 0.442. The number of thioether (sulfide) groups is 1. The Morgan fingerprint density at radius 1 is 1.29 bits per heavy atom. The first-order chi connectivity index (χ1) is 15.1. The Labute approximate surface area is 193 Å². The summed E-state index contributed by atoms with van der Waals surface area (Å²) < 4.78 is 0. The van der Waals surface area contributed by atoms with Gasteiger partial charge in [-0.1, -0.05) is 18.9 Å². The van der Waals surface area contributed by atoms with Crippen LogP contribution in [0.25, 0.3) is 0 Å². The highest BCUT2D eigenvalue weighted by Gasteiger charge is 2.23. The molecule has 0 atom stereocenters. The molecule has 0 spiro atoms. The molecule has 1 aromatic heterocycles. The van der Waals surface area contributed by atoms with Crippen molar-refractivity contribution in [3.8, 4) is 0 Å². The van der Waals surface area contributed by atoms with Crippen molar-refractivity contribution in [1.82, 2.24) is 4.90 Å². The Hall–Kier alpha value is -1.99. The first kappa shape index (κ1) is 22.2. The van der Waals surface area contributed by atoms with Crippen molar-refractivity contribution in [2.45, 2.75) is 43.9 Å². The topological polar surface area (TPSA) is 61.9 Å². The monoisotopic (exact) mass is 456 g/mol. The van der Waals surface area contributed by atoms with E-state index in [1.54, 1.807) is 11.3 Å². The van der Waals surface area contributed by atoms with E-state index in [0.29, 0.717) is 17.7 Å². The molecule has 1 amide bonds. The Morgan fingerprint density at radius 2 is 2.13 bits per heavy atom. The third-order valence-electron chi connectivity index (χ3n) is 6.24. The number of amidine groups is 1. The number of carbonyl (C=O) groups is 1. The average Bonchev–Trinajstić information content (AvgIpc) is 3.48. The summed E-state index contributed by atoms with van der Waals surface area (Å²) in [6.45, 7) is 5.55. The second-order valence-electron chi connectivity index (χ2n) is 8.29. The molecule has 0 unspecified atom stereocenters. The highest BCUT2D eigenvalue weighted by Crippen LogP contribution is 2.37. The van der Waals surface area contributed by atoms with E-state index >= 15 is 0 Å². The number of amides is 1. The van der Waals surface area contributed by atoms with Crippen molar-refractivity contribution >= 4 is 46.2 Å². The third-order valence-corrected chi connectivity index (χ3v) is 8.16. The zero-order valence-electron chi connectivity index (χ0n) is 18.3. The Kier molecular flexibility index (Phi) is 7.56. The van der Waals surface area contributed by atoms with Gasteiger partial charge in [0.2, 0.25) is 5.91 Å². The molecule has 31 heavy (non-hydrogen) atoms. The molecule has 7 heteroatoms. The number of hydrogen-bond acceptors (Lipinski definition) is 5. The molecule has 0 saturated heterocycles. The average molecular weight is 457 g/mol. The smallest absolute Gasteiger partial charge is 0.222 e. The number of benzene rings is 1. The molecule has 1 saturated carbocycles. The van der Waals surface area contributed by atoms with Crippen LogP contribution in [0.4, 0.5) is 11.4 Å². The van der Waals surface area contributed by atoms with Gasteiger partial charge < -0.3 is 15.5 Å². The number of thiophene rings is 1. The number of aliphatic imine (C=N–C) groups is 1. The van der Waals surface area contributed by atoms with Crippen molar-refractivity contribution in [2.24, 2.45) is 16.6 Å². The van der Waals surface area contributed by atoms with Crippen LogP contribution in [0.1, 0.15) is 43.9 Å². The first-order valence-electron chi connectivity index (χ1n) is 11.3. The molecule has 2 aromatic rings. The summed E-state index contributed by atoms with van der Waals surface area (Å²) >= 11 is 3.47. The van der Waals surface area contributed by atoms with E-state index in [0.717, 1.165) is 48.9 Å². The van der Waals surface area contributed by atoms with Gasteiger partial charge in [0, 0.05) is 43.2 Å². The van der Waals surface area contributed by atoms with Crippen LogP contribution in [-0.2, 0) is 4.79 Å². The van der Waals surface area contributed by atoms with E-state index in [9.17, 15) is 4.79 Å². The molecule has 166 valence electrons. The molecule has 1 aliphatic heterocycles. The van der Waals surface area contributed by atoms with Crippen molar-refractivity contribution in [1.29, 1.82) is 0 Å². The molecular weight excluding hydrogens is 424 g/mol. The summed E-state index contributed by atoms with van der Waals surface area (Å²) in [4.78, 5) is 24.1. The summed E-state index contributed by atoms with van der Waals surface area (Å²) in [5, 5.41) is 2.01. The second-order valence-corrected chi connectivity index (χ2v) is 10.4. The number of rotatable bonds is 8. The highest BCUT2D eigenvalue weighted by atomic mass is 32.2. The second kappa shape index (κ2) is 10.6. The van der Waals surface area contributed by atoms with Crippen LogP contribution in [0.2, 0.25) is 0 Å². The Morgan fingerprint density at radius 3 is 2.87 bits per heavy atom. The van der Waals surface area contributed by atoms with Gasteiger partial charge in [0.1, 0.15) is 5.84 Å². The minimum Gasteiger partial charge on any atom is -0.383 e. The van der Waals surface area contributed by atoms with Crippen LogP contribution >= 0.6 is 23.1 Å². The van der Waals surface area contributed by atoms with E-state index in [1.165, 1.54) is 36.3 Å². The maximum absolute atomic E-state index is 12.8. The van der Waals surface area contributed by atoms with Gasteiger partial charge in [-0.2, -0.15) is 0 Å². The summed E-state index contributed by atoms with van der Waals surface area (Å²) in [5.41, 5.74) is 8.29. The number of hydrogen-bond donors (Lipinski definition) is 1. The fourth-order valence-electron chi connectivity index (χ4n) is 4.48. The number of fused-ring (bicyclic) bond motifs is 1. The van der Waals surface area contributed by atoms with Crippen LogP contribution in [0.5, 0.6) is 0 Å². The lowest BCUT2D eigenvalue weighted by atomic mass is 10.0. The summed E-state index contributed by atoms with van der Waals surface area (Å²) in [6, 6.07) is 10.3. The van der Waals surface area contributed by atoms with E-state index in [-0.39, 0.29) is 0 Å². The molecule has 2 aliphatic rings. The van der Waals surface area contributed by atoms with Crippen LogP contribution in [0.3, 0.4) is 0 Å². The molecule has 2 heterocycles. The van der Waals surface area contributed by atoms with Crippen molar-refractivity contribution < 1.29 is 4.79 Å². The maximum atomic E-state index is 12.8. The zero-order valence-corrected chi connectivity index (χ0v) is 19.9. The lowest BCUT2D eigenvalue weighted by Crippen LogP contribution is -2.40. The fraction of sp³-hybridized carbons (Fsp3) is 0.500. The summed E-state index contributed by atoms with van der Waals surface area (Å²) in [6.07, 6.45) is 5.76. The Bertz CT molecular complexity index is 906. The molecule has 5 nitrogen and oxygen atoms in total. The lowest BCUT2D eigenvalue weighted by Gasteiger charge is -2.33. The molecule has 4 rings (SSSR count). The van der Waals surface area contributed by atoms with Crippen LogP contribution in [0.15, 0.2) is 45.6 Å². The molecule has 1 fully saturated rings. The number of nitrogens with two attached hydrogens (primary N) is 1. The van der Waals surface area contributed by atoms with Crippen LogP contribution in [0, 0.1) is 5.92 Å². The first-order valence-corrected chi connectivity index (χ1v) is 13.2. The fourth-order valence-corrected chi connectivity index (χ4v) is 6.19. The van der Waals surface area contributed by atoms with E-state index in [1.807, 2.05) is 40.2 Å². The van der Waals surface area contributed by atoms with Gasteiger partial charge in [0.05, 0.1) is 16.3 Å². The predicted octanol–water partition coefficient (Wildman–Crippen LogP) is 5.13. The Balaban J connectivity index is 1.39. The molecule has 0 radical (unpaired) electrons. The lowest BCUT2D eigenvalue weighted by molar-refractivity contribution is -0.131. The molecule has 0 bridgehead atoms. The maximum Gasteiger partial charge on any atom is 0.222 e. The third kappa shape index (κ3) is 5.63.